The third-order valence-electron chi connectivity index (χ3n) is 1.41. The third kappa shape index (κ3) is 1.35. The highest BCUT2D eigenvalue weighted by atomic mass is 32.1. The average molecular weight is 199 g/mol. The third-order valence-corrected chi connectivity index (χ3v) is 3.05. The number of hydrogen-bond donors (Lipinski definition) is 0. The van der Waals surface area contributed by atoms with Crippen LogP contribution in [0.15, 0.2) is 11.7 Å². The fourth-order valence-electron chi connectivity index (χ4n) is 0.803. The van der Waals surface area contributed by atoms with Gasteiger partial charge in [0.15, 0.2) is 16.4 Å². The largest absolute Gasteiger partial charge is 0.219 e. The highest BCUT2D eigenvalue weighted by Gasteiger charge is 2.11. The van der Waals surface area contributed by atoms with Crippen LogP contribution in [0.25, 0.3) is 9.88 Å². The van der Waals surface area contributed by atoms with Gasteiger partial charge in [-0.1, -0.05) is 16.0 Å². The van der Waals surface area contributed by atoms with Crippen LogP contribution >= 0.6 is 22.9 Å². The maximum atomic E-state index is 4.19. The number of aromatic nitrogens is 4. The Morgan fingerprint density at radius 2 is 2.50 bits per heavy atom. The zero-order valence-electron chi connectivity index (χ0n) is 6.47. The van der Waals surface area contributed by atoms with E-state index < -0.39 is 0 Å². The molecule has 6 heteroatoms. The van der Waals surface area contributed by atoms with Crippen LogP contribution in [0, 0.1) is 0 Å². The second-order valence-electron chi connectivity index (χ2n) is 2.17. The van der Waals surface area contributed by atoms with E-state index in [0.717, 1.165) is 16.4 Å². The Labute approximate surface area is 77.7 Å². The van der Waals surface area contributed by atoms with E-state index in [2.05, 4.69) is 21.6 Å². The van der Waals surface area contributed by atoms with Crippen molar-refractivity contribution in [3.8, 4) is 9.88 Å². The molecule has 0 N–H and O–H groups in total. The van der Waals surface area contributed by atoms with Crippen LogP contribution in [0.3, 0.4) is 0 Å². The molecule has 0 aliphatic rings. The molecule has 0 aliphatic carbocycles. The van der Waals surface area contributed by atoms with Crippen LogP contribution in [-0.2, 0) is 6.54 Å². The molecule has 0 atom stereocenters. The van der Waals surface area contributed by atoms with Gasteiger partial charge >= 0.3 is 0 Å². The lowest BCUT2D eigenvalue weighted by Crippen LogP contribution is -2.32. The molecule has 4 nitrogen and oxygen atoms in total. The molecule has 0 amide bonds. The van der Waals surface area contributed by atoms with E-state index in [9.17, 15) is 0 Å². The van der Waals surface area contributed by atoms with Gasteiger partial charge in [-0.25, -0.2) is 0 Å². The predicted molar refractivity (Wildman–Crippen MR) is 46.9 cm³/mol. The van der Waals surface area contributed by atoms with Crippen LogP contribution < -0.4 is 4.68 Å². The van der Waals surface area contributed by atoms with Gasteiger partial charge in [0, 0.05) is 11.5 Å². The lowest BCUT2D eigenvalue weighted by Gasteiger charge is -1.77. The maximum absolute atomic E-state index is 4.19. The van der Waals surface area contributed by atoms with Crippen LogP contribution in [0.4, 0.5) is 0 Å². The molecular weight excluding hydrogens is 192 g/mol. The molecule has 0 aromatic carbocycles. The Hall–Kier alpha value is -0.880. The summed E-state index contributed by atoms with van der Waals surface area (Å²) in [5.41, 5.74) is 1.73. The van der Waals surface area contributed by atoms with Gasteiger partial charge in [0.25, 0.3) is 0 Å². The standard InChI is InChI=1S/C6H7N4S2/c1-2-10-3-5(12-9-10)6-8-7-4-11-6/h3-4H,2H2,1H3/q+1. The SMILES string of the molecule is CC[n+]1cc(-c2nncs2)sn1. The molecular formula is C6H7N4S2+. The molecule has 0 radical (unpaired) electrons. The Morgan fingerprint density at radius 3 is 3.08 bits per heavy atom. The van der Waals surface area contributed by atoms with Gasteiger partial charge in [-0.3, -0.25) is 0 Å². The summed E-state index contributed by atoms with van der Waals surface area (Å²) in [6.07, 6.45) is 1.99. The van der Waals surface area contributed by atoms with Gasteiger partial charge in [0.2, 0.25) is 6.20 Å². The van der Waals surface area contributed by atoms with Crippen molar-refractivity contribution in [1.29, 1.82) is 0 Å². The van der Waals surface area contributed by atoms with Crippen molar-refractivity contribution < 1.29 is 4.68 Å². The van der Waals surface area contributed by atoms with E-state index in [0.29, 0.717) is 0 Å². The molecule has 0 bridgehead atoms. The molecule has 0 aliphatic heterocycles. The van der Waals surface area contributed by atoms with Crippen molar-refractivity contribution in [3.05, 3.63) is 11.7 Å². The summed E-state index contributed by atoms with van der Waals surface area (Å²) >= 11 is 2.99. The second-order valence-corrected chi connectivity index (χ2v) is 3.78. The lowest BCUT2D eigenvalue weighted by molar-refractivity contribution is -0.743. The van der Waals surface area contributed by atoms with E-state index in [1.54, 1.807) is 5.51 Å². The van der Waals surface area contributed by atoms with Crippen molar-refractivity contribution in [1.82, 2.24) is 14.7 Å². The van der Waals surface area contributed by atoms with Crippen LogP contribution in [0.5, 0.6) is 0 Å². The number of nitrogens with zero attached hydrogens (tertiary/aromatic N) is 4. The van der Waals surface area contributed by atoms with Crippen molar-refractivity contribution in [2.45, 2.75) is 13.5 Å². The molecule has 0 fully saturated rings. The summed E-state index contributed by atoms with van der Waals surface area (Å²) < 4.78 is 6.08. The summed E-state index contributed by atoms with van der Waals surface area (Å²) in [6, 6.07) is 0. The summed E-state index contributed by atoms with van der Waals surface area (Å²) in [5.74, 6) is 0. The molecule has 12 heavy (non-hydrogen) atoms. The normalized spacial score (nSPS) is 10.4. The Kier molecular flexibility index (Phi) is 2.09. The van der Waals surface area contributed by atoms with Gasteiger partial charge in [0.1, 0.15) is 5.51 Å². The second kappa shape index (κ2) is 3.24. The van der Waals surface area contributed by atoms with E-state index in [1.165, 1.54) is 22.9 Å². The smallest absolute Gasteiger partial charge is 0.147 e. The Balaban J connectivity index is 2.35. The zero-order valence-corrected chi connectivity index (χ0v) is 8.10. The minimum absolute atomic E-state index is 0.898. The van der Waals surface area contributed by atoms with Gasteiger partial charge in [-0.2, -0.15) is 0 Å². The van der Waals surface area contributed by atoms with E-state index in [4.69, 9.17) is 0 Å². The number of aryl methyl sites for hydroxylation is 1. The Bertz CT molecular complexity index is 353. The van der Waals surface area contributed by atoms with Crippen molar-refractivity contribution >= 4 is 22.9 Å². The summed E-state index contributed by atoms with van der Waals surface area (Å²) in [6.45, 7) is 2.96. The molecule has 2 aromatic rings. The predicted octanol–water partition coefficient (Wildman–Crippen LogP) is 0.969. The van der Waals surface area contributed by atoms with Crippen LogP contribution in [0.1, 0.15) is 6.92 Å². The molecule has 2 aromatic heterocycles. The summed E-state index contributed by atoms with van der Waals surface area (Å²) in [4.78, 5) is 1.08. The van der Waals surface area contributed by atoms with Gasteiger partial charge in [-0.05, 0) is 6.92 Å². The van der Waals surface area contributed by atoms with Crippen molar-refractivity contribution in [3.63, 3.8) is 0 Å². The van der Waals surface area contributed by atoms with Crippen LogP contribution in [0.2, 0.25) is 0 Å². The Morgan fingerprint density at radius 1 is 1.58 bits per heavy atom. The fraction of sp³-hybridized carbons (Fsp3) is 0.333. The monoisotopic (exact) mass is 199 g/mol. The van der Waals surface area contributed by atoms with E-state index in [1.807, 2.05) is 10.9 Å². The first-order valence-corrected chi connectivity index (χ1v) is 5.18. The van der Waals surface area contributed by atoms with E-state index in [-0.39, 0.29) is 0 Å². The zero-order chi connectivity index (χ0) is 8.39. The first kappa shape index (κ1) is 7.75. The quantitative estimate of drug-likeness (QED) is 0.677. The molecule has 0 saturated carbocycles. The molecule has 62 valence electrons. The fourth-order valence-corrected chi connectivity index (χ4v) is 2.16. The minimum atomic E-state index is 0.898. The van der Waals surface area contributed by atoms with Gasteiger partial charge in [-0.15, -0.1) is 10.2 Å². The average Bonchev–Trinajstić information content (AvgIpc) is 2.75. The van der Waals surface area contributed by atoms with Crippen molar-refractivity contribution in [2.24, 2.45) is 0 Å². The molecule has 2 rings (SSSR count). The number of rotatable bonds is 2. The summed E-state index contributed by atoms with van der Waals surface area (Å²) in [5, 5.41) is 8.68. The molecule has 0 saturated heterocycles. The first-order chi connectivity index (χ1) is 5.90. The molecule has 0 spiro atoms. The van der Waals surface area contributed by atoms with Gasteiger partial charge in [0.05, 0.1) is 4.49 Å². The summed E-state index contributed by atoms with van der Waals surface area (Å²) in [7, 11) is 0. The first-order valence-electron chi connectivity index (χ1n) is 3.53. The highest BCUT2D eigenvalue weighted by Crippen LogP contribution is 2.21. The lowest BCUT2D eigenvalue weighted by atomic mass is 10.6. The highest BCUT2D eigenvalue weighted by molar-refractivity contribution is 7.17. The topological polar surface area (TPSA) is 42.5 Å². The minimum Gasteiger partial charge on any atom is -0.147 e. The number of hydrogen-bond acceptors (Lipinski definition) is 5. The van der Waals surface area contributed by atoms with Crippen molar-refractivity contribution in [2.75, 3.05) is 0 Å². The molecule has 2 heterocycles. The van der Waals surface area contributed by atoms with Gasteiger partial charge < -0.3 is 0 Å². The van der Waals surface area contributed by atoms with Crippen LogP contribution in [-0.4, -0.2) is 14.7 Å². The maximum Gasteiger partial charge on any atom is 0.219 e. The molecule has 0 unspecified atom stereocenters. The van der Waals surface area contributed by atoms with E-state index >= 15 is 0 Å².